The Hall–Kier alpha value is -0.880. The predicted octanol–water partition coefficient (Wildman–Crippen LogP) is 4.35. The first-order valence-electron chi connectivity index (χ1n) is 7.37. The van der Waals surface area contributed by atoms with E-state index in [1.54, 1.807) is 22.7 Å². The molecule has 6 heteroatoms. The third-order valence-electron chi connectivity index (χ3n) is 3.32. The van der Waals surface area contributed by atoms with Crippen LogP contribution in [-0.2, 0) is 4.79 Å². The van der Waals surface area contributed by atoms with E-state index in [0.29, 0.717) is 6.42 Å². The molecule has 2 heterocycles. The van der Waals surface area contributed by atoms with Gasteiger partial charge in [0.2, 0.25) is 5.91 Å². The van der Waals surface area contributed by atoms with Crippen molar-refractivity contribution < 1.29 is 4.79 Å². The summed E-state index contributed by atoms with van der Waals surface area (Å²) in [5.41, 5.74) is 5.47. The molecular weight excluding hydrogens is 336 g/mol. The maximum atomic E-state index is 12.2. The number of unbranched alkanes of at least 4 members (excludes halogenated alkanes) is 3. The van der Waals surface area contributed by atoms with Crippen molar-refractivity contribution in [2.75, 3.05) is 6.54 Å². The number of rotatable bonds is 9. The second-order valence-electron chi connectivity index (χ2n) is 4.98. The second-order valence-corrected chi connectivity index (χ2v) is 6.94. The van der Waals surface area contributed by atoms with Gasteiger partial charge in [0.1, 0.15) is 0 Å². The number of carbonyl (C=O) groups excluding carboxylic acids is 1. The van der Waals surface area contributed by atoms with Gasteiger partial charge in [-0.1, -0.05) is 25.0 Å². The zero-order valence-corrected chi connectivity index (χ0v) is 14.9. The number of nitrogens with two attached hydrogens (primary N) is 1. The summed E-state index contributed by atoms with van der Waals surface area (Å²) in [5.74, 6) is 0.134. The van der Waals surface area contributed by atoms with Gasteiger partial charge >= 0.3 is 0 Å². The lowest BCUT2D eigenvalue weighted by Crippen LogP contribution is -2.28. The average molecular weight is 359 g/mol. The molecular formula is C16H23ClN2OS2. The molecule has 3 N–H and O–H groups in total. The predicted molar refractivity (Wildman–Crippen MR) is 98.0 cm³/mol. The lowest BCUT2D eigenvalue weighted by Gasteiger charge is -2.16. The highest BCUT2D eigenvalue weighted by Crippen LogP contribution is 2.29. The minimum atomic E-state index is 0. The number of carbonyl (C=O) groups is 1. The Labute approximate surface area is 146 Å². The van der Waals surface area contributed by atoms with Gasteiger partial charge in [0.25, 0.3) is 0 Å². The van der Waals surface area contributed by atoms with Crippen LogP contribution in [0.4, 0.5) is 0 Å². The third kappa shape index (κ3) is 6.08. The first kappa shape index (κ1) is 19.2. The fourth-order valence-electron chi connectivity index (χ4n) is 2.21. The molecule has 0 aliphatic rings. The van der Waals surface area contributed by atoms with Crippen LogP contribution in [0.1, 0.15) is 47.9 Å². The first-order valence-corrected chi connectivity index (χ1v) is 9.13. The maximum Gasteiger partial charge on any atom is 0.220 e. The van der Waals surface area contributed by atoms with E-state index in [1.807, 2.05) is 12.1 Å². The largest absolute Gasteiger partial charge is 0.344 e. The van der Waals surface area contributed by atoms with Gasteiger partial charge in [-0.15, -0.1) is 35.1 Å². The van der Waals surface area contributed by atoms with Gasteiger partial charge < -0.3 is 11.1 Å². The molecule has 2 aromatic heterocycles. The summed E-state index contributed by atoms with van der Waals surface area (Å²) in [6.07, 6.45) is 4.77. The molecule has 2 rings (SSSR count). The Balaban J connectivity index is 0.00000242. The summed E-state index contributed by atoms with van der Waals surface area (Å²) >= 11 is 3.37. The van der Waals surface area contributed by atoms with Gasteiger partial charge in [0, 0.05) is 16.2 Å². The van der Waals surface area contributed by atoms with Gasteiger partial charge in [-0.3, -0.25) is 4.79 Å². The zero-order valence-electron chi connectivity index (χ0n) is 12.5. The molecule has 2 aromatic rings. The van der Waals surface area contributed by atoms with E-state index in [9.17, 15) is 4.79 Å². The fraction of sp³-hybridized carbons (Fsp3) is 0.438. The van der Waals surface area contributed by atoms with Crippen molar-refractivity contribution in [1.29, 1.82) is 0 Å². The van der Waals surface area contributed by atoms with E-state index in [-0.39, 0.29) is 24.4 Å². The fourth-order valence-corrected chi connectivity index (χ4v) is 3.87. The van der Waals surface area contributed by atoms with Crippen molar-refractivity contribution in [3.63, 3.8) is 0 Å². The number of hydrogen-bond acceptors (Lipinski definition) is 4. The Kier molecular flexibility index (Phi) is 9.39. The van der Waals surface area contributed by atoms with Crippen molar-refractivity contribution in [3.05, 3.63) is 44.8 Å². The summed E-state index contributed by atoms with van der Waals surface area (Å²) in [7, 11) is 0. The summed E-state index contributed by atoms with van der Waals surface area (Å²) in [5, 5.41) is 7.27. The van der Waals surface area contributed by atoms with Gasteiger partial charge in [-0.05, 0) is 42.3 Å². The van der Waals surface area contributed by atoms with Crippen LogP contribution in [-0.4, -0.2) is 12.5 Å². The highest BCUT2D eigenvalue weighted by Gasteiger charge is 2.18. The quantitative estimate of drug-likeness (QED) is 0.655. The van der Waals surface area contributed by atoms with E-state index in [2.05, 4.69) is 28.2 Å². The normalized spacial score (nSPS) is 10.5. The van der Waals surface area contributed by atoms with Crippen molar-refractivity contribution in [2.45, 2.75) is 38.1 Å². The molecule has 0 bridgehead atoms. The molecule has 0 aliphatic carbocycles. The van der Waals surface area contributed by atoms with Crippen LogP contribution in [0.15, 0.2) is 35.0 Å². The van der Waals surface area contributed by atoms with Crippen LogP contribution in [0.5, 0.6) is 0 Å². The van der Waals surface area contributed by atoms with Gasteiger partial charge in [0.05, 0.1) is 6.04 Å². The summed E-state index contributed by atoms with van der Waals surface area (Å²) in [6.45, 7) is 0.741. The van der Waals surface area contributed by atoms with Crippen molar-refractivity contribution >= 4 is 41.0 Å². The standard InChI is InChI=1S/C16H22N2OS2.ClH/c17-10-4-2-1-3-9-15(19)18-16(13-7-5-11-20-13)14-8-6-12-21-14;/h5-8,11-12,16H,1-4,9-10,17H2,(H,18,19);1H. The third-order valence-corrected chi connectivity index (χ3v) is 5.19. The highest BCUT2D eigenvalue weighted by atomic mass is 35.5. The Morgan fingerprint density at radius 3 is 2.14 bits per heavy atom. The van der Waals surface area contributed by atoms with Crippen LogP contribution in [0.2, 0.25) is 0 Å². The highest BCUT2D eigenvalue weighted by molar-refractivity contribution is 7.11. The average Bonchev–Trinajstić information content (AvgIpc) is 3.18. The van der Waals surface area contributed by atoms with Crippen LogP contribution in [0.3, 0.4) is 0 Å². The van der Waals surface area contributed by atoms with Gasteiger partial charge in [0.15, 0.2) is 0 Å². The Morgan fingerprint density at radius 2 is 1.64 bits per heavy atom. The Bertz CT molecular complexity index is 480. The van der Waals surface area contributed by atoms with Crippen molar-refractivity contribution in [3.8, 4) is 0 Å². The maximum absolute atomic E-state index is 12.2. The molecule has 0 aromatic carbocycles. The van der Waals surface area contributed by atoms with E-state index >= 15 is 0 Å². The summed E-state index contributed by atoms with van der Waals surface area (Å²) < 4.78 is 0. The number of amides is 1. The molecule has 122 valence electrons. The lowest BCUT2D eigenvalue weighted by molar-refractivity contribution is -0.121. The topological polar surface area (TPSA) is 55.1 Å². The minimum absolute atomic E-state index is 0. The van der Waals surface area contributed by atoms with Crippen LogP contribution >= 0.6 is 35.1 Å². The summed E-state index contributed by atoms with van der Waals surface area (Å²) in [6, 6.07) is 8.22. The molecule has 22 heavy (non-hydrogen) atoms. The molecule has 0 spiro atoms. The van der Waals surface area contributed by atoms with Crippen molar-refractivity contribution in [2.24, 2.45) is 5.73 Å². The molecule has 0 saturated heterocycles. The van der Waals surface area contributed by atoms with Crippen LogP contribution in [0, 0.1) is 0 Å². The molecule has 0 radical (unpaired) electrons. The molecule has 3 nitrogen and oxygen atoms in total. The Morgan fingerprint density at radius 1 is 1.05 bits per heavy atom. The molecule has 0 saturated carbocycles. The van der Waals surface area contributed by atoms with E-state index in [1.165, 1.54) is 9.75 Å². The van der Waals surface area contributed by atoms with Crippen LogP contribution in [0.25, 0.3) is 0 Å². The minimum Gasteiger partial charge on any atom is -0.344 e. The molecule has 0 unspecified atom stereocenters. The molecule has 0 aliphatic heterocycles. The smallest absolute Gasteiger partial charge is 0.220 e. The SMILES string of the molecule is Cl.NCCCCCCC(=O)NC(c1cccs1)c1cccs1. The lowest BCUT2D eigenvalue weighted by atomic mass is 10.1. The number of halogens is 1. The number of thiophene rings is 2. The number of nitrogens with one attached hydrogen (secondary N) is 1. The molecule has 1 amide bonds. The van der Waals surface area contributed by atoms with Crippen LogP contribution < -0.4 is 11.1 Å². The van der Waals surface area contributed by atoms with Gasteiger partial charge in [-0.2, -0.15) is 0 Å². The van der Waals surface area contributed by atoms with E-state index in [4.69, 9.17) is 5.73 Å². The summed E-state index contributed by atoms with van der Waals surface area (Å²) in [4.78, 5) is 14.5. The van der Waals surface area contributed by atoms with E-state index < -0.39 is 0 Å². The van der Waals surface area contributed by atoms with E-state index in [0.717, 1.165) is 32.2 Å². The molecule has 0 atom stereocenters. The second kappa shape index (κ2) is 10.8. The van der Waals surface area contributed by atoms with Gasteiger partial charge in [-0.25, -0.2) is 0 Å². The number of hydrogen-bond donors (Lipinski definition) is 2. The monoisotopic (exact) mass is 358 g/mol. The first-order chi connectivity index (χ1) is 10.3. The zero-order chi connectivity index (χ0) is 14.9. The van der Waals surface area contributed by atoms with Crippen molar-refractivity contribution in [1.82, 2.24) is 5.32 Å². The molecule has 0 fully saturated rings.